The van der Waals surface area contributed by atoms with Crippen LogP contribution in [0.3, 0.4) is 0 Å². The molecule has 2 rings (SSSR count). The maximum absolute atomic E-state index is 13.6. The molecule has 0 amide bonds. The number of nitrogens with zero attached hydrogens (tertiary/aromatic N) is 2. The second kappa shape index (κ2) is 4.76. The highest BCUT2D eigenvalue weighted by molar-refractivity contribution is 9.10. The van der Waals surface area contributed by atoms with Gasteiger partial charge >= 0.3 is 0 Å². The van der Waals surface area contributed by atoms with Crippen LogP contribution in [0.1, 0.15) is 5.69 Å². The molecule has 0 saturated heterocycles. The molecule has 1 aromatic heterocycles. The lowest BCUT2D eigenvalue weighted by molar-refractivity contribution is 0.608. The summed E-state index contributed by atoms with van der Waals surface area (Å²) in [6.07, 6.45) is 1.75. The van der Waals surface area contributed by atoms with Gasteiger partial charge in [-0.25, -0.2) is 9.07 Å². The number of hydrogen-bond donors (Lipinski definition) is 1. The highest BCUT2D eigenvalue weighted by Crippen LogP contribution is 2.18. The fourth-order valence-corrected chi connectivity index (χ4v) is 1.78. The van der Waals surface area contributed by atoms with E-state index in [1.807, 2.05) is 13.1 Å². The Morgan fingerprint density at radius 1 is 1.44 bits per heavy atom. The molecule has 0 bridgehead atoms. The van der Waals surface area contributed by atoms with Crippen molar-refractivity contribution < 1.29 is 4.39 Å². The summed E-state index contributed by atoms with van der Waals surface area (Å²) < 4.78 is 15.9. The fraction of sp³-hybridized carbons (Fsp3) is 0.182. The van der Waals surface area contributed by atoms with E-state index >= 15 is 0 Å². The standard InChI is InChI=1S/C11H11BrFN3/c1-14-7-9-4-5-16(15-9)11-6-8(12)2-3-10(11)13/h2-6,14H,7H2,1H3. The van der Waals surface area contributed by atoms with Gasteiger partial charge in [0.15, 0.2) is 0 Å². The molecule has 1 N–H and O–H groups in total. The van der Waals surface area contributed by atoms with Crippen LogP contribution in [0.4, 0.5) is 4.39 Å². The molecule has 0 spiro atoms. The monoisotopic (exact) mass is 283 g/mol. The van der Waals surface area contributed by atoms with E-state index in [1.54, 1.807) is 18.3 Å². The lowest BCUT2D eigenvalue weighted by Crippen LogP contribution is -2.06. The average molecular weight is 284 g/mol. The molecule has 16 heavy (non-hydrogen) atoms. The van der Waals surface area contributed by atoms with Gasteiger partial charge in [-0.3, -0.25) is 0 Å². The number of halogens is 2. The second-order valence-corrected chi connectivity index (χ2v) is 4.29. The third-order valence-electron chi connectivity index (χ3n) is 2.16. The van der Waals surface area contributed by atoms with Crippen LogP contribution in [0.25, 0.3) is 5.69 Å². The summed E-state index contributed by atoms with van der Waals surface area (Å²) in [6, 6.07) is 6.64. The Bertz CT molecular complexity index is 496. The van der Waals surface area contributed by atoms with Gasteiger partial charge in [0.1, 0.15) is 11.5 Å². The lowest BCUT2D eigenvalue weighted by atomic mass is 10.3. The Balaban J connectivity index is 2.38. The Hall–Kier alpha value is -1.20. The Morgan fingerprint density at radius 3 is 3.00 bits per heavy atom. The van der Waals surface area contributed by atoms with Gasteiger partial charge in [0, 0.05) is 17.2 Å². The summed E-state index contributed by atoms with van der Waals surface area (Å²) in [4.78, 5) is 0. The number of nitrogens with one attached hydrogen (secondary N) is 1. The summed E-state index contributed by atoms with van der Waals surface area (Å²) in [6.45, 7) is 0.669. The van der Waals surface area contributed by atoms with Crippen LogP contribution >= 0.6 is 15.9 Å². The van der Waals surface area contributed by atoms with Gasteiger partial charge in [-0.05, 0) is 31.3 Å². The number of hydrogen-bond acceptors (Lipinski definition) is 2. The van der Waals surface area contributed by atoms with Gasteiger partial charge < -0.3 is 5.32 Å². The van der Waals surface area contributed by atoms with Gasteiger partial charge in [-0.15, -0.1) is 0 Å². The van der Waals surface area contributed by atoms with Crippen molar-refractivity contribution in [1.82, 2.24) is 15.1 Å². The van der Waals surface area contributed by atoms with Crippen LogP contribution in [-0.2, 0) is 6.54 Å². The molecular weight excluding hydrogens is 273 g/mol. The largest absolute Gasteiger partial charge is 0.314 e. The minimum atomic E-state index is -0.290. The van der Waals surface area contributed by atoms with Crippen molar-refractivity contribution >= 4 is 15.9 Å². The molecule has 0 aliphatic heterocycles. The van der Waals surface area contributed by atoms with Crippen LogP contribution in [0.2, 0.25) is 0 Å². The van der Waals surface area contributed by atoms with Crippen molar-refractivity contribution in [3.05, 3.63) is 46.4 Å². The number of rotatable bonds is 3. The maximum atomic E-state index is 13.6. The van der Waals surface area contributed by atoms with E-state index in [-0.39, 0.29) is 5.82 Å². The summed E-state index contributed by atoms with van der Waals surface area (Å²) >= 11 is 3.31. The zero-order valence-corrected chi connectivity index (χ0v) is 10.3. The fourth-order valence-electron chi connectivity index (χ4n) is 1.43. The van der Waals surface area contributed by atoms with Gasteiger partial charge in [0.25, 0.3) is 0 Å². The molecular formula is C11H11BrFN3. The molecule has 0 fully saturated rings. The predicted octanol–water partition coefficient (Wildman–Crippen LogP) is 2.49. The second-order valence-electron chi connectivity index (χ2n) is 3.38. The molecule has 0 radical (unpaired) electrons. The van der Waals surface area contributed by atoms with E-state index in [2.05, 4.69) is 26.3 Å². The van der Waals surface area contributed by atoms with Gasteiger partial charge in [-0.2, -0.15) is 5.10 Å². The van der Waals surface area contributed by atoms with Gasteiger partial charge in [0.05, 0.1) is 5.69 Å². The topological polar surface area (TPSA) is 29.9 Å². The van der Waals surface area contributed by atoms with E-state index < -0.39 is 0 Å². The molecule has 3 nitrogen and oxygen atoms in total. The zero-order chi connectivity index (χ0) is 11.5. The molecule has 0 atom stereocenters. The van der Waals surface area contributed by atoms with E-state index in [0.29, 0.717) is 12.2 Å². The molecule has 0 aliphatic carbocycles. The minimum Gasteiger partial charge on any atom is -0.314 e. The van der Waals surface area contributed by atoms with E-state index in [9.17, 15) is 4.39 Å². The smallest absolute Gasteiger partial charge is 0.148 e. The molecule has 0 saturated carbocycles. The van der Waals surface area contributed by atoms with Crippen LogP contribution in [-0.4, -0.2) is 16.8 Å². The molecule has 84 valence electrons. The molecule has 0 unspecified atom stereocenters. The normalized spacial score (nSPS) is 10.7. The average Bonchev–Trinajstić information content (AvgIpc) is 2.71. The zero-order valence-electron chi connectivity index (χ0n) is 8.74. The molecule has 2 aromatic rings. The first-order chi connectivity index (χ1) is 7.70. The highest BCUT2D eigenvalue weighted by Gasteiger charge is 2.06. The Labute approximate surface area is 101 Å². The SMILES string of the molecule is CNCc1ccn(-c2cc(Br)ccc2F)n1. The third-order valence-corrected chi connectivity index (χ3v) is 2.65. The number of aromatic nitrogens is 2. The van der Waals surface area contributed by atoms with Crippen LogP contribution in [0.15, 0.2) is 34.9 Å². The Morgan fingerprint density at radius 2 is 2.25 bits per heavy atom. The predicted molar refractivity (Wildman–Crippen MR) is 64.0 cm³/mol. The Kier molecular flexibility index (Phi) is 3.36. The minimum absolute atomic E-state index is 0.290. The quantitative estimate of drug-likeness (QED) is 0.938. The maximum Gasteiger partial charge on any atom is 0.148 e. The first-order valence-electron chi connectivity index (χ1n) is 4.85. The molecule has 0 aliphatic rings. The van der Waals surface area contributed by atoms with Crippen LogP contribution in [0, 0.1) is 5.82 Å². The molecule has 1 heterocycles. The van der Waals surface area contributed by atoms with Crippen molar-refractivity contribution in [1.29, 1.82) is 0 Å². The third kappa shape index (κ3) is 2.31. The van der Waals surface area contributed by atoms with E-state index in [4.69, 9.17) is 0 Å². The van der Waals surface area contributed by atoms with E-state index in [1.165, 1.54) is 10.7 Å². The molecule has 1 aromatic carbocycles. The summed E-state index contributed by atoms with van der Waals surface area (Å²) in [5, 5.41) is 7.26. The highest BCUT2D eigenvalue weighted by atomic mass is 79.9. The van der Waals surface area contributed by atoms with E-state index in [0.717, 1.165) is 10.2 Å². The van der Waals surface area contributed by atoms with Crippen molar-refractivity contribution in [3.63, 3.8) is 0 Å². The van der Waals surface area contributed by atoms with Crippen molar-refractivity contribution in [3.8, 4) is 5.69 Å². The van der Waals surface area contributed by atoms with Crippen molar-refractivity contribution in [2.45, 2.75) is 6.54 Å². The number of benzene rings is 1. The first-order valence-corrected chi connectivity index (χ1v) is 5.64. The van der Waals surface area contributed by atoms with Crippen LogP contribution in [0.5, 0.6) is 0 Å². The lowest BCUT2D eigenvalue weighted by Gasteiger charge is -2.03. The summed E-state index contributed by atoms with van der Waals surface area (Å²) in [5.41, 5.74) is 1.32. The van der Waals surface area contributed by atoms with Gasteiger partial charge in [-0.1, -0.05) is 15.9 Å². The summed E-state index contributed by atoms with van der Waals surface area (Å²) in [7, 11) is 1.85. The molecule has 5 heteroatoms. The van der Waals surface area contributed by atoms with Crippen molar-refractivity contribution in [2.75, 3.05) is 7.05 Å². The van der Waals surface area contributed by atoms with Crippen LogP contribution < -0.4 is 5.32 Å². The summed E-state index contributed by atoms with van der Waals surface area (Å²) in [5.74, 6) is -0.290. The van der Waals surface area contributed by atoms with Crippen molar-refractivity contribution in [2.24, 2.45) is 0 Å². The first kappa shape index (κ1) is 11.3. The van der Waals surface area contributed by atoms with Gasteiger partial charge in [0.2, 0.25) is 0 Å².